The van der Waals surface area contributed by atoms with Gasteiger partial charge < -0.3 is 15.8 Å². The van der Waals surface area contributed by atoms with Crippen LogP contribution in [0.4, 0.5) is 15.8 Å². The van der Waals surface area contributed by atoms with Gasteiger partial charge in [0.05, 0.1) is 18.0 Å². The van der Waals surface area contributed by atoms with Crippen molar-refractivity contribution in [2.45, 2.75) is 6.61 Å². The zero-order valence-corrected chi connectivity index (χ0v) is 11.9. The number of halogens is 2. The molecular weight excluding hydrogens is 295 g/mol. The summed E-state index contributed by atoms with van der Waals surface area (Å²) in [5.41, 5.74) is 6.91. The van der Waals surface area contributed by atoms with Gasteiger partial charge in [0.25, 0.3) is 0 Å². The van der Waals surface area contributed by atoms with Gasteiger partial charge >= 0.3 is 0 Å². The fourth-order valence-electron chi connectivity index (χ4n) is 1.70. The number of carbonyl (C=O) groups is 1. The second-order valence-electron chi connectivity index (χ2n) is 4.36. The molecule has 0 aliphatic carbocycles. The summed E-state index contributed by atoms with van der Waals surface area (Å²) in [6, 6.07) is 11.0. The van der Waals surface area contributed by atoms with E-state index in [1.54, 1.807) is 6.07 Å². The van der Waals surface area contributed by atoms with Crippen LogP contribution < -0.4 is 11.1 Å². The molecule has 0 aromatic heterocycles. The van der Waals surface area contributed by atoms with E-state index in [2.05, 4.69) is 5.32 Å². The number of hydrogen-bond acceptors (Lipinski definition) is 3. The zero-order chi connectivity index (χ0) is 15.2. The monoisotopic (exact) mass is 308 g/mol. The highest BCUT2D eigenvalue weighted by Gasteiger charge is 2.07. The van der Waals surface area contributed by atoms with Crippen LogP contribution in [0.5, 0.6) is 0 Å². The summed E-state index contributed by atoms with van der Waals surface area (Å²) in [6.45, 7) is 0.0774. The molecule has 0 aliphatic rings. The number of nitrogens with one attached hydrogen (secondary N) is 1. The molecule has 0 atom stereocenters. The molecular formula is C15H14ClFN2O2. The number of benzene rings is 2. The van der Waals surface area contributed by atoms with Crippen molar-refractivity contribution >= 4 is 28.9 Å². The first-order chi connectivity index (χ1) is 10.1. The van der Waals surface area contributed by atoms with E-state index in [1.165, 1.54) is 12.1 Å². The van der Waals surface area contributed by atoms with Crippen LogP contribution in [-0.4, -0.2) is 12.5 Å². The third-order valence-electron chi connectivity index (χ3n) is 2.74. The maximum absolute atomic E-state index is 12.9. The summed E-state index contributed by atoms with van der Waals surface area (Å²) in [7, 11) is 0. The van der Waals surface area contributed by atoms with Gasteiger partial charge in [-0.05, 0) is 29.8 Å². The lowest BCUT2D eigenvalue weighted by molar-refractivity contribution is -0.121. The van der Waals surface area contributed by atoms with Crippen LogP contribution in [0, 0.1) is 5.82 Å². The van der Waals surface area contributed by atoms with Gasteiger partial charge in [-0.25, -0.2) is 4.39 Å². The molecule has 0 heterocycles. The third kappa shape index (κ3) is 4.44. The van der Waals surface area contributed by atoms with Gasteiger partial charge in [-0.3, -0.25) is 4.79 Å². The molecule has 2 aromatic carbocycles. The van der Waals surface area contributed by atoms with E-state index in [1.807, 2.05) is 18.2 Å². The summed E-state index contributed by atoms with van der Waals surface area (Å²) < 4.78 is 18.2. The Bertz CT molecular complexity index is 649. The van der Waals surface area contributed by atoms with Crippen molar-refractivity contribution in [1.82, 2.24) is 0 Å². The molecule has 0 fully saturated rings. The largest absolute Gasteiger partial charge is 0.397 e. The normalized spacial score (nSPS) is 10.4. The predicted octanol–water partition coefficient (Wildman–Crippen LogP) is 3.22. The highest BCUT2D eigenvalue weighted by atomic mass is 35.5. The van der Waals surface area contributed by atoms with Crippen molar-refractivity contribution in [2.24, 2.45) is 0 Å². The number of carbonyl (C=O) groups excluding carboxylic acids is 1. The van der Waals surface area contributed by atoms with Gasteiger partial charge in [-0.15, -0.1) is 0 Å². The topological polar surface area (TPSA) is 64.3 Å². The molecule has 0 aliphatic heterocycles. The van der Waals surface area contributed by atoms with Gasteiger partial charge in [0.2, 0.25) is 5.91 Å². The van der Waals surface area contributed by atoms with E-state index < -0.39 is 5.82 Å². The minimum Gasteiger partial charge on any atom is -0.397 e. The van der Waals surface area contributed by atoms with E-state index in [-0.39, 0.29) is 24.8 Å². The number of rotatable bonds is 5. The lowest BCUT2D eigenvalue weighted by atomic mass is 10.2. The Morgan fingerprint density at radius 2 is 2.05 bits per heavy atom. The number of anilines is 2. The van der Waals surface area contributed by atoms with Crippen molar-refractivity contribution in [3.8, 4) is 0 Å². The Morgan fingerprint density at radius 1 is 1.29 bits per heavy atom. The molecule has 6 heteroatoms. The van der Waals surface area contributed by atoms with E-state index in [0.717, 1.165) is 11.6 Å². The number of nitrogens with two attached hydrogens (primary N) is 1. The second-order valence-corrected chi connectivity index (χ2v) is 4.77. The number of nitrogen functional groups attached to an aromatic ring is 1. The molecule has 110 valence electrons. The summed E-state index contributed by atoms with van der Waals surface area (Å²) in [5, 5.41) is 3.13. The van der Waals surface area contributed by atoms with Crippen LogP contribution in [-0.2, 0) is 16.1 Å². The zero-order valence-electron chi connectivity index (χ0n) is 11.1. The first-order valence-electron chi connectivity index (χ1n) is 6.22. The Morgan fingerprint density at radius 3 is 2.76 bits per heavy atom. The molecule has 0 saturated carbocycles. The SMILES string of the molecule is Nc1cc(F)ccc1NC(=O)COCc1ccccc1Cl. The van der Waals surface area contributed by atoms with Crippen molar-refractivity contribution in [3.63, 3.8) is 0 Å². The van der Waals surface area contributed by atoms with Gasteiger partial charge in [0.1, 0.15) is 12.4 Å². The van der Waals surface area contributed by atoms with Crippen molar-refractivity contribution in [2.75, 3.05) is 17.7 Å². The average Bonchev–Trinajstić information content (AvgIpc) is 2.44. The standard InChI is InChI=1S/C15H14ClFN2O2/c16-12-4-2-1-3-10(12)8-21-9-15(20)19-14-6-5-11(17)7-13(14)18/h1-7H,8-9,18H2,(H,19,20). The lowest BCUT2D eigenvalue weighted by Gasteiger charge is -2.09. The second kappa shape index (κ2) is 7.06. The van der Waals surface area contributed by atoms with Crippen LogP contribution in [0.15, 0.2) is 42.5 Å². The smallest absolute Gasteiger partial charge is 0.250 e. The quantitative estimate of drug-likeness (QED) is 0.834. The first-order valence-corrected chi connectivity index (χ1v) is 6.60. The molecule has 0 radical (unpaired) electrons. The van der Waals surface area contributed by atoms with E-state index >= 15 is 0 Å². The maximum atomic E-state index is 12.9. The van der Waals surface area contributed by atoms with Crippen molar-refractivity contribution < 1.29 is 13.9 Å². The minimum absolute atomic E-state index is 0.151. The molecule has 4 nitrogen and oxygen atoms in total. The summed E-state index contributed by atoms with van der Waals surface area (Å²) in [4.78, 5) is 11.7. The van der Waals surface area contributed by atoms with Crippen LogP contribution in [0.1, 0.15) is 5.56 Å². The molecule has 2 aromatic rings. The van der Waals surface area contributed by atoms with E-state index in [9.17, 15) is 9.18 Å². The molecule has 2 rings (SSSR count). The average molecular weight is 309 g/mol. The molecule has 0 spiro atoms. The maximum Gasteiger partial charge on any atom is 0.250 e. The van der Waals surface area contributed by atoms with E-state index in [4.69, 9.17) is 22.1 Å². The molecule has 1 amide bonds. The Balaban J connectivity index is 1.84. The van der Waals surface area contributed by atoms with Crippen LogP contribution in [0.2, 0.25) is 5.02 Å². The summed E-state index contributed by atoms with van der Waals surface area (Å²) in [5.74, 6) is -0.833. The van der Waals surface area contributed by atoms with Gasteiger partial charge in [-0.1, -0.05) is 29.8 Å². The number of amides is 1. The summed E-state index contributed by atoms with van der Waals surface area (Å²) in [6.07, 6.45) is 0. The summed E-state index contributed by atoms with van der Waals surface area (Å²) >= 11 is 5.97. The van der Waals surface area contributed by atoms with Crippen LogP contribution in [0.3, 0.4) is 0 Å². The molecule has 3 N–H and O–H groups in total. The predicted molar refractivity (Wildman–Crippen MR) is 80.6 cm³/mol. The van der Waals surface area contributed by atoms with Gasteiger partial charge in [0, 0.05) is 5.02 Å². The van der Waals surface area contributed by atoms with E-state index in [0.29, 0.717) is 10.7 Å². The lowest BCUT2D eigenvalue weighted by Crippen LogP contribution is -2.19. The number of hydrogen-bond donors (Lipinski definition) is 2. The van der Waals surface area contributed by atoms with Gasteiger partial charge in [-0.2, -0.15) is 0 Å². The Hall–Kier alpha value is -2.11. The third-order valence-corrected chi connectivity index (χ3v) is 3.10. The molecule has 0 bridgehead atoms. The Labute approximate surface area is 126 Å². The fourth-order valence-corrected chi connectivity index (χ4v) is 1.89. The Kier molecular flexibility index (Phi) is 5.14. The fraction of sp³-hybridized carbons (Fsp3) is 0.133. The number of ether oxygens (including phenoxy) is 1. The minimum atomic E-state index is -0.458. The highest BCUT2D eigenvalue weighted by Crippen LogP contribution is 2.19. The van der Waals surface area contributed by atoms with Gasteiger partial charge in [0.15, 0.2) is 0 Å². The molecule has 0 unspecified atom stereocenters. The molecule has 21 heavy (non-hydrogen) atoms. The van der Waals surface area contributed by atoms with Crippen LogP contribution >= 0.6 is 11.6 Å². The van der Waals surface area contributed by atoms with Crippen molar-refractivity contribution in [1.29, 1.82) is 0 Å². The first kappa shape index (κ1) is 15.3. The van der Waals surface area contributed by atoms with Crippen LogP contribution in [0.25, 0.3) is 0 Å². The van der Waals surface area contributed by atoms with Crippen molar-refractivity contribution in [3.05, 3.63) is 58.9 Å². The molecule has 0 saturated heterocycles. The highest BCUT2D eigenvalue weighted by molar-refractivity contribution is 6.31.